The van der Waals surface area contributed by atoms with Crippen LogP contribution in [0.25, 0.3) is 0 Å². The number of hydrogen-bond donors (Lipinski definition) is 2. The van der Waals surface area contributed by atoms with Gasteiger partial charge in [-0.05, 0) is 12.8 Å². The van der Waals surface area contributed by atoms with Crippen LogP contribution < -0.4 is 5.32 Å². The zero-order valence-electron chi connectivity index (χ0n) is 10.1. The van der Waals surface area contributed by atoms with Crippen molar-refractivity contribution in [2.75, 3.05) is 12.3 Å². The lowest BCUT2D eigenvalue weighted by molar-refractivity contribution is -0.121. The highest BCUT2D eigenvalue weighted by Crippen LogP contribution is 2.45. The minimum Gasteiger partial charge on any atom is -0.354 e. The van der Waals surface area contributed by atoms with E-state index in [0.29, 0.717) is 18.0 Å². The molecule has 1 aliphatic rings. The molecule has 106 valence electrons. The second-order valence-electron chi connectivity index (χ2n) is 4.39. The highest BCUT2D eigenvalue weighted by molar-refractivity contribution is 7.80. The molecule has 0 spiro atoms. The van der Waals surface area contributed by atoms with Crippen LogP contribution in [0.15, 0.2) is 0 Å². The van der Waals surface area contributed by atoms with Crippen molar-refractivity contribution in [1.82, 2.24) is 15.1 Å². The Morgan fingerprint density at radius 1 is 1.58 bits per heavy atom. The molecular formula is C11H14ClF2N3OS. The summed E-state index contributed by atoms with van der Waals surface area (Å²) in [7, 11) is 0. The second-order valence-corrected chi connectivity index (χ2v) is 5.22. The number of amides is 1. The van der Waals surface area contributed by atoms with E-state index in [-0.39, 0.29) is 23.4 Å². The molecule has 0 radical (unpaired) electrons. The Hall–Kier alpha value is -0.820. The summed E-state index contributed by atoms with van der Waals surface area (Å²) in [5.41, 5.74) is 0.114. The van der Waals surface area contributed by atoms with E-state index < -0.39 is 12.1 Å². The molecule has 0 saturated heterocycles. The minimum absolute atomic E-state index is 0.000467. The highest BCUT2D eigenvalue weighted by atomic mass is 35.5. The molecule has 0 atom stereocenters. The van der Waals surface area contributed by atoms with Crippen LogP contribution in [-0.2, 0) is 11.3 Å². The summed E-state index contributed by atoms with van der Waals surface area (Å²) in [6.07, 6.45) is -0.939. The van der Waals surface area contributed by atoms with Gasteiger partial charge in [-0.2, -0.15) is 17.7 Å². The van der Waals surface area contributed by atoms with Crippen molar-refractivity contribution in [2.45, 2.75) is 31.7 Å². The predicted octanol–water partition coefficient (Wildman–Crippen LogP) is 2.40. The third-order valence-electron chi connectivity index (χ3n) is 2.85. The fraction of sp³-hybridized carbons (Fsp3) is 0.636. The monoisotopic (exact) mass is 309 g/mol. The number of hydrogen-bond acceptors (Lipinski definition) is 3. The Bertz CT molecular complexity index is 477. The molecule has 0 unspecified atom stereocenters. The van der Waals surface area contributed by atoms with Crippen LogP contribution in [-0.4, -0.2) is 28.0 Å². The summed E-state index contributed by atoms with van der Waals surface area (Å²) in [6.45, 7) is 0.337. The second kappa shape index (κ2) is 6.09. The molecule has 0 aromatic carbocycles. The smallest absolute Gasteiger partial charge is 0.283 e. The van der Waals surface area contributed by atoms with Gasteiger partial charge in [0.2, 0.25) is 5.91 Å². The number of aromatic nitrogens is 2. The lowest BCUT2D eigenvalue weighted by Crippen LogP contribution is -2.30. The molecule has 1 amide bonds. The molecule has 0 bridgehead atoms. The Kier molecular flexibility index (Phi) is 4.67. The predicted molar refractivity (Wildman–Crippen MR) is 71.0 cm³/mol. The first-order chi connectivity index (χ1) is 9.04. The Morgan fingerprint density at radius 3 is 2.79 bits per heavy atom. The third-order valence-corrected chi connectivity index (χ3v) is 3.47. The summed E-state index contributed by atoms with van der Waals surface area (Å²) in [5, 5.41) is 6.39. The summed E-state index contributed by atoms with van der Waals surface area (Å²) in [6, 6.07) is 0. The maximum atomic E-state index is 12.8. The van der Waals surface area contributed by atoms with Crippen LogP contribution in [0.5, 0.6) is 0 Å². The van der Waals surface area contributed by atoms with Gasteiger partial charge in [-0.15, -0.1) is 0 Å². The van der Waals surface area contributed by atoms with Crippen LogP contribution in [0.3, 0.4) is 0 Å². The van der Waals surface area contributed by atoms with E-state index in [2.05, 4.69) is 23.0 Å². The zero-order chi connectivity index (χ0) is 14.0. The Labute approximate surface area is 119 Å². The van der Waals surface area contributed by atoms with Crippen molar-refractivity contribution in [3.05, 3.63) is 16.4 Å². The summed E-state index contributed by atoms with van der Waals surface area (Å²) < 4.78 is 26.8. The average Bonchev–Trinajstić information content (AvgIpc) is 3.12. The molecule has 1 aromatic rings. The Morgan fingerprint density at radius 2 is 2.26 bits per heavy atom. The lowest BCUT2D eigenvalue weighted by atomic mass is 10.2. The van der Waals surface area contributed by atoms with Gasteiger partial charge in [0, 0.05) is 18.2 Å². The van der Waals surface area contributed by atoms with Gasteiger partial charge in [0.05, 0.1) is 10.7 Å². The van der Waals surface area contributed by atoms with Crippen LogP contribution in [0.2, 0.25) is 5.02 Å². The number of nitrogens with one attached hydrogen (secondary N) is 1. The average molecular weight is 310 g/mol. The summed E-state index contributed by atoms with van der Waals surface area (Å²) in [5.74, 6) is 0.379. The molecule has 0 aliphatic heterocycles. The van der Waals surface area contributed by atoms with Crippen LogP contribution in [0.4, 0.5) is 8.78 Å². The normalized spacial score (nSPS) is 15.0. The lowest BCUT2D eigenvalue weighted by Gasteiger charge is -2.07. The first-order valence-electron chi connectivity index (χ1n) is 5.96. The van der Waals surface area contributed by atoms with E-state index in [9.17, 15) is 13.6 Å². The number of carbonyl (C=O) groups is 1. The van der Waals surface area contributed by atoms with Gasteiger partial charge in [0.1, 0.15) is 12.2 Å². The van der Waals surface area contributed by atoms with Gasteiger partial charge in [0.15, 0.2) is 0 Å². The van der Waals surface area contributed by atoms with E-state index in [1.54, 1.807) is 0 Å². The van der Waals surface area contributed by atoms with Gasteiger partial charge < -0.3 is 5.32 Å². The van der Waals surface area contributed by atoms with Gasteiger partial charge in [-0.25, -0.2) is 8.78 Å². The maximum absolute atomic E-state index is 12.8. The molecule has 1 saturated carbocycles. The number of alkyl halides is 2. The van der Waals surface area contributed by atoms with Crippen molar-refractivity contribution in [2.24, 2.45) is 0 Å². The molecular weight excluding hydrogens is 296 g/mol. The first kappa shape index (κ1) is 14.6. The fourth-order valence-electron chi connectivity index (χ4n) is 1.87. The quantitative estimate of drug-likeness (QED) is 0.793. The summed E-state index contributed by atoms with van der Waals surface area (Å²) in [4.78, 5) is 11.6. The van der Waals surface area contributed by atoms with Crippen LogP contribution in [0, 0.1) is 0 Å². The van der Waals surface area contributed by atoms with E-state index in [1.807, 2.05) is 0 Å². The molecule has 19 heavy (non-hydrogen) atoms. The van der Waals surface area contributed by atoms with E-state index in [0.717, 1.165) is 12.8 Å². The van der Waals surface area contributed by atoms with Crippen molar-refractivity contribution >= 4 is 30.1 Å². The maximum Gasteiger partial charge on any atom is 0.283 e. The SMILES string of the molecule is O=C(Cn1nc(C(F)F)c(Cl)c1C1CC1)NCCS. The van der Waals surface area contributed by atoms with E-state index >= 15 is 0 Å². The standard InChI is InChI=1S/C11H14ClF2N3OS/c12-8-9(11(13)14)16-17(10(8)6-1-2-6)5-7(18)15-3-4-19/h6,11,19H,1-5H2,(H,15,18). The van der Waals surface area contributed by atoms with Gasteiger partial charge in [-0.3, -0.25) is 9.48 Å². The van der Waals surface area contributed by atoms with E-state index in [4.69, 9.17) is 11.6 Å². The van der Waals surface area contributed by atoms with Crippen LogP contribution in [0.1, 0.15) is 36.6 Å². The first-order valence-corrected chi connectivity index (χ1v) is 6.97. The number of nitrogens with zero attached hydrogens (tertiary/aromatic N) is 2. The number of thiol groups is 1. The van der Waals surface area contributed by atoms with Gasteiger partial charge in [-0.1, -0.05) is 11.6 Å². The largest absolute Gasteiger partial charge is 0.354 e. The zero-order valence-corrected chi connectivity index (χ0v) is 11.7. The number of rotatable bonds is 6. The Balaban J connectivity index is 2.19. The molecule has 1 heterocycles. The topological polar surface area (TPSA) is 46.9 Å². The van der Waals surface area contributed by atoms with Crippen molar-refractivity contribution < 1.29 is 13.6 Å². The molecule has 4 nitrogen and oxygen atoms in total. The van der Waals surface area contributed by atoms with Crippen molar-refractivity contribution in [1.29, 1.82) is 0 Å². The highest BCUT2D eigenvalue weighted by Gasteiger charge is 2.34. The molecule has 1 N–H and O–H groups in total. The number of halogens is 3. The minimum atomic E-state index is -2.73. The van der Waals surface area contributed by atoms with E-state index in [1.165, 1.54) is 4.68 Å². The molecule has 1 aromatic heterocycles. The van der Waals surface area contributed by atoms with Crippen LogP contribution >= 0.6 is 24.2 Å². The van der Waals surface area contributed by atoms with Gasteiger partial charge >= 0.3 is 0 Å². The molecule has 1 fully saturated rings. The third kappa shape index (κ3) is 3.39. The summed E-state index contributed by atoms with van der Waals surface area (Å²) >= 11 is 9.91. The number of carbonyl (C=O) groups excluding carboxylic acids is 1. The molecule has 2 rings (SSSR count). The van der Waals surface area contributed by atoms with Crippen molar-refractivity contribution in [3.8, 4) is 0 Å². The molecule has 8 heteroatoms. The van der Waals surface area contributed by atoms with Crippen molar-refractivity contribution in [3.63, 3.8) is 0 Å². The molecule has 1 aliphatic carbocycles. The fourth-order valence-corrected chi connectivity index (χ4v) is 2.35. The van der Waals surface area contributed by atoms with Gasteiger partial charge in [0.25, 0.3) is 6.43 Å².